The minimum absolute atomic E-state index is 0.133. The van der Waals surface area contributed by atoms with E-state index in [1.54, 1.807) is 13.0 Å². The second-order valence-corrected chi connectivity index (χ2v) is 5.43. The third kappa shape index (κ3) is 5.79. The molecule has 4 N–H and O–H groups in total. The number of nitrogens with zero attached hydrogens (tertiary/aromatic N) is 1. The van der Waals surface area contributed by atoms with Gasteiger partial charge in [-0.15, -0.1) is 0 Å². The zero-order valence-electron chi connectivity index (χ0n) is 12.2. The molecule has 1 aromatic rings. The Morgan fingerprint density at radius 2 is 2.00 bits per heavy atom. The largest absolute Gasteiger partial charge is 0.476 e. The Bertz CT molecular complexity index is 394. The molecule has 19 heavy (non-hydrogen) atoms. The molecule has 0 aliphatic heterocycles. The Hall–Kier alpha value is -1.49. The normalized spacial score (nSPS) is 14.2. The SMILES string of the molecule is CC(C)COc1nc(NC(C)CC(C)O)ccc1N. The lowest BCUT2D eigenvalue weighted by Gasteiger charge is -2.17. The van der Waals surface area contributed by atoms with Crippen molar-refractivity contribution in [1.82, 2.24) is 4.98 Å². The van der Waals surface area contributed by atoms with E-state index in [1.807, 2.05) is 13.0 Å². The molecule has 5 heteroatoms. The molecule has 0 bridgehead atoms. The maximum Gasteiger partial charge on any atom is 0.239 e. The number of aromatic nitrogens is 1. The Balaban J connectivity index is 2.67. The number of hydrogen-bond acceptors (Lipinski definition) is 5. The summed E-state index contributed by atoms with van der Waals surface area (Å²) in [4.78, 5) is 4.35. The van der Waals surface area contributed by atoms with Crippen LogP contribution < -0.4 is 15.8 Å². The highest BCUT2D eigenvalue weighted by Gasteiger charge is 2.09. The summed E-state index contributed by atoms with van der Waals surface area (Å²) in [6.07, 6.45) is 0.321. The highest BCUT2D eigenvalue weighted by molar-refractivity contribution is 5.53. The lowest BCUT2D eigenvalue weighted by atomic mass is 10.1. The quantitative estimate of drug-likeness (QED) is 0.706. The molecule has 1 heterocycles. The Morgan fingerprint density at radius 1 is 1.32 bits per heavy atom. The molecular weight excluding hydrogens is 242 g/mol. The van der Waals surface area contributed by atoms with Crippen molar-refractivity contribution in [2.45, 2.75) is 46.3 Å². The first-order valence-corrected chi connectivity index (χ1v) is 6.72. The van der Waals surface area contributed by atoms with Gasteiger partial charge in [0.2, 0.25) is 5.88 Å². The van der Waals surface area contributed by atoms with Gasteiger partial charge in [-0.25, -0.2) is 0 Å². The van der Waals surface area contributed by atoms with Crippen LogP contribution in [0.5, 0.6) is 5.88 Å². The number of nitrogen functional groups attached to an aromatic ring is 1. The molecule has 0 saturated heterocycles. The minimum Gasteiger partial charge on any atom is -0.476 e. The molecule has 0 spiro atoms. The van der Waals surface area contributed by atoms with Gasteiger partial charge in [0, 0.05) is 6.04 Å². The number of anilines is 2. The molecule has 5 nitrogen and oxygen atoms in total. The van der Waals surface area contributed by atoms with Crippen LogP contribution in [0.2, 0.25) is 0 Å². The van der Waals surface area contributed by atoms with Gasteiger partial charge in [-0.05, 0) is 38.3 Å². The molecule has 2 atom stereocenters. The predicted molar refractivity (Wildman–Crippen MR) is 78.4 cm³/mol. The second kappa shape index (κ2) is 7.19. The second-order valence-electron chi connectivity index (χ2n) is 5.43. The van der Waals surface area contributed by atoms with E-state index >= 15 is 0 Å². The molecular formula is C14H25N3O2. The van der Waals surface area contributed by atoms with Gasteiger partial charge in [0.15, 0.2) is 0 Å². The third-order valence-electron chi connectivity index (χ3n) is 2.53. The standard InChI is InChI=1S/C14H25N3O2/c1-9(2)8-19-14-12(15)5-6-13(17-14)16-10(3)7-11(4)18/h5-6,9-11,18H,7-8,15H2,1-4H3,(H,16,17). The molecule has 1 rings (SSSR count). The van der Waals surface area contributed by atoms with Crippen LogP contribution >= 0.6 is 0 Å². The molecule has 0 aromatic carbocycles. The van der Waals surface area contributed by atoms with E-state index in [2.05, 4.69) is 24.1 Å². The van der Waals surface area contributed by atoms with Crippen molar-refractivity contribution in [3.05, 3.63) is 12.1 Å². The summed E-state index contributed by atoms with van der Waals surface area (Å²) in [6, 6.07) is 3.73. The van der Waals surface area contributed by atoms with Gasteiger partial charge in [0.05, 0.1) is 18.4 Å². The topological polar surface area (TPSA) is 80.4 Å². The highest BCUT2D eigenvalue weighted by Crippen LogP contribution is 2.22. The Kier molecular flexibility index (Phi) is 5.89. The maximum atomic E-state index is 9.34. The Morgan fingerprint density at radius 3 is 2.58 bits per heavy atom. The van der Waals surface area contributed by atoms with Gasteiger partial charge in [-0.1, -0.05) is 13.8 Å². The summed E-state index contributed by atoms with van der Waals surface area (Å²) in [7, 11) is 0. The molecule has 0 fully saturated rings. The van der Waals surface area contributed by atoms with Crippen molar-refractivity contribution in [1.29, 1.82) is 0 Å². The summed E-state index contributed by atoms with van der Waals surface area (Å²) in [5, 5.41) is 12.6. The van der Waals surface area contributed by atoms with E-state index in [0.717, 1.165) is 0 Å². The van der Waals surface area contributed by atoms with Crippen LogP contribution in [0.25, 0.3) is 0 Å². The fourth-order valence-electron chi connectivity index (χ4n) is 1.72. The van der Waals surface area contributed by atoms with E-state index in [1.165, 1.54) is 0 Å². The van der Waals surface area contributed by atoms with Crippen molar-refractivity contribution in [3.63, 3.8) is 0 Å². The van der Waals surface area contributed by atoms with E-state index in [4.69, 9.17) is 10.5 Å². The van der Waals surface area contributed by atoms with E-state index < -0.39 is 0 Å². The average Bonchev–Trinajstić information content (AvgIpc) is 2.28. The molecule has 108 valence electrons. The highest BCUT2D eigenvalue weighted by atomic mass is 16.5. The van der Waals surface area contributed by atoms with Crippen LogP contribution in [-0.2, 0) is 0 Å². The molecule has 0 radical (unpaired) electrons. The summed E-state index contributed by atoms with van der Waals surface area (Å²) in [6.45, 7) is 8.50. The van der Waals surface area contributed by atoms with E-state index in [0.29, 0.717) is 36.3 Å². The van der Waals surface area contributed by atoms with Crippen LogP contribution in [0.4, 0.5) is 11.5 Å². The summed E-state index contributed by atoms with van der Waals surface area (Å²) in [5.41, 5.74) is 6.37. The molecule has 0 amide bonds. The number of nitrogens with two attached hydrogens (primary N) is 1. The fraction of sp³-hybridized carbons (Fsp3) is 0.643. The molecule has 0 aliphatic carbocycles. The number of rotatable bonds is 7. The number of aliphatic hydroxyl groups is 1. The molecule has 1 aromatic heterocycles. The number of ether oxygens (including phenoxy) is 1. The maximum absolute atomic E-state index is 9.34. The molecule has 0 aliphatic rings. The third-order valence-corrected chi connectivity index (χ3v) is 2.53. The predicted octanol–water partition coefficient (Wildman–Crippen LogP) is 2.27. The first-order chi connectivity index (χ1) is 8.88. The number of pyridine rings is 1. The van der Waals surface area contributed by atoms with E-state index in [-0.39, 0.29) is 12.1 Å². The average molecular weight is 267 g/mol. The number of nitrogens with one attached hydrogen (secondary N) is 1. The van der Waals surface area contributed by atoms with Crippen LogP contribution in [-0.4, -0.2) is 28.8 Å². The van der Waals surface area contributed by atoms with Gasteiger partial charge in [-0.2, -0.15) is 4.98 Å². The lowest BCUT2D eigenvalue weighted by molar-refractivity contribution is 0.179. The van der Waals surface area contributed by atoms with Crippen molar-refractivity contribution in [2.24, 2.45) is 5.92 Å². The van der Waals surface area contributed by atoms with Crippen molar-refractivity contribution >= 4 is 11.5 Å². The van der Waals surface area contributed by atoms with Crippen molar-refractivity contribution in [3.8, 4) is 5.88 Å². The van der Waals surface area contributed by atoms with Gasteiger partial charge >= 0.3 is 0 Å². The zero-order valence-corrected chi connectivity index (χ0v) is 12.2. The first kappa shape index (κ1) is 15.6. The van der Waals surface area contributed by atoms with Crippen molar-refractivity contribution in [2.75, 3.05) is 17.7 Å². The number of aliphatic hydroxyl groups excluding tert-OH is 1. The monoisotopic (exact) mass is 267 g/mol. The van der Waals surface area contributed by atoms with Crippen LogP contribution in [0.15, 0.2) is 12.1 Å². The van der Waals surface area contributed by atoms with E-state index in [9.17, 15) is 5.11 Å². The summed E-state index contributed by atoms with van der Waals surface area (Å²) < 4.78 is 5.58. The molecule has 2 unspecified atom stereocenters. The van der Waals surface area contributed by atoms with Crippen molar-refractivity contribution < 1.29 is 9.84 Å². The van der Waals surface area contributed by atoms with Crippen LogP contribution in [0, 0.1) is 5.92 Å². The molecule has 0 saturated carbocycles. The lowest BCUT2D eigenvalue weighted by Crippen LogP contribution is -2.21. The Labute approximate surface area is 115 Å². The summed E-state index contributed by atoms with van der Waals surface area (Å²) >= 11 is 0. The number of hydrogen-bond donors (Lipinski definition) is 3. The van der Waals surface area contributed by atoms with Gasteiger partial charge < -0.3 is 20.9 Å². The smallest absolute Gasteiger partial charge is 0.239 e. The fourth-order valence-corrected chi connectivity index (χ4v) is 1.72. The minimum atomic E-state index is -0.340. The first-order valence-electron chi connectivity index (χ1n) is 6.72. The van der Waals surface area contributed by atoms with Gasteiger partial charge in [0.1, 0.15) is 5.82 Å². The van der Waals surface area contributed by atoms with Gasteiger partial charge in [-0.3, -0.25) is 0 Å². The van der Waals surface area contributed by atoms with Crippen LogP contribution in [0.3, 0.4) is 0 Å². The zero-order chi connectivity index (χ0) is 14.4. The van der Waals surface area contributed by atoms with Crippen LogP contribution in [0.1, 0.15) is 34.1 Å². The summed E-state index contributed by atoms with van der Waals surface area (Å²) in [5.74, 6) is 1.59. The van der Waals surface area contributed by atoms with Gasteiger partial charge in [0.25, 0.3) is 0 Å².